The third kappa shape index (κ3) is 11.1. The molecule has 0 aliphatic carbocycles. The fourth-order valence-electron chi connectivity index (χ4n) is 3.04. The van der Waals surface area contributed by atoms with Gasteiger partial charge in [0.05, 0.1) is 38.7 Å². The van der Waals surface area contributed by atoms with E-state index in [-0.39, 0.29) is 17.8 Å². The average molecular weight is 464 g/mol. The summed E-state index contributed by atoms with van der Waals surface area (Å²) in [7, 11) is 3.96. The molecule has 5 N–H and O–H groups in total. The van der Waals surface area contributed by atoms with Crippen LogP contribution < -0.4 is 16.4 Å². The Labute approximate surface area is 195 Å². The number of phenolic OH excluding ortho intramolecular Hbond substituents is 1. The summed E-state index contributed by atoms with van der Waals surface area (Å²) in [6.07, 6.45) is 3.21. The van der Waals surface area contributed by atoms with E-state index in [4.69, 9.17) is 15.2 Å². The Morgan fingerprint density at radius 3 is 2.58 bits per heavy atom. The zero-order valence-corrected chi connectivity index (χ0v) is 19.6. The standard InChI is InChI=1S/C22H37N7O4/c1-28(2)20(15-18-3-5-21(30)6-4-18)16-25-22(31)24-9-7-19-17-29(27-26-19)10-12-33-14-13-32-11-8-23/h3-6,17,20,30H,7-16,23H2,1-2H3,(H2,24,25,31)/t20-/m0/s1. The Balaban J connectivity index is 1.61. The highest BCUT2D eigenvalue weighted by atomic mass is 16.5. The minimum absolute atomic E-state index is 0.134. The van der Waals surface area contributed by atoms with Crippen LogP contribution in [0.4, 0.5) is 4.79 Å². The van der Waals surface area contributed by atoms with E-state index in [1.54, 1.807) is 16.8 Å². The molecule has 2 rings (SSSR count). The third-order valence-corrected chi connectivity index (χ3v) is 4.99. The molecule has 1 heterocycles. The van der Waals surface area contributed by atoms with Crippen molar-refractivity contribution in [3.05, 3.63) is 41.7 Å². The van der Waals surface area contributed by atoms with Gasteiger partial charge in [-0.2, -0.15) is 0 Å². The number of aromatic nitrogens is 3. The van der Waals surface area contributed by atoms with Gasteiger partial charge in [0, 0.05) is 38.3 Å². The van der Waals surface area contributed by atoms with Crippen molar-refractivity contribution >= 4 is 6.03 Å². The number of aromatic hydroxyl groups is 1. The number of phenols is 1. The summed E-state index contributed by atoms with van der Waals surface area (Å²) >= 11 is 0. The number of hydrogen-bond donors (Lipinski definition) is 4. The maximum Gasteiger partial charge on any atom is 0.314 e. The SMILES string of the molecule is CN(C)[C@H](CNC(=O)NCCc1cn(CCOCCOCCN)nn1)Cc1ccc(O)cc1. The van der Waals surface area contributed by atoms with Gasteiger partial charge in [-0.15, -0.1) is 5.10 Å². The van der Waals surface area contributed by atoms with E-state index in [9.17, 15) is 9.90 Å². The van der Waals surface area contributed by atoms with Crippen LogP contribution in [0.2, 0.25) is 0 Å². The molecule has 11 nitrogen and oxygen atoms in total. The maximum atomic E-state index is 12.2. The topological polar surface area (TPSA) is 140 Å². The van der Waals surface area contributed by atoms with Crippen LogP contribution in [0.3, 0.4) is 0 Å². The van der Waals surface area contributed by atoms with Gasteiger partial charge in [-0.25, -0.2) is 9.48 Å². The maximum absolute atomic E-state index is 12.2. The Kier molecular flexibility index (Phi) is 12.2. The highest BCUT2D eigenvalue weighted by molar-refractivity contribution is 5.73. The van der Waals surface area contributed by atoms with Crippen LogP contribution in [-0.4, -0.2) is 97.2 Å². The molecule has 0 spiro atoms. The van der Waals surface area contributed by atoms with Gasteiger partial charge in [0.1, 0.15) is 5.75 Å². The van der Waals surface area contributed by atoms with E-state index in [1.807, 2.05) is 32.4 Å². The molecule has 11 heteroatoms. The fourth-order valence-corrected chi connectivity index (χ4v) is 3.04. The number of nitrogens with one attached hydrogen (secondary N) is 2. The zero-order chi connectivity index (χ0) is 23.9. The highest BCUT2D eigenvalue weighted by Crippen LogP contribution is 2.12. The summed E-state index contributed by atoms with van der Waals surface area (Å²) in [6, 6.07) is 7.04. The van der Waals surface area contributed by atoms with Gasteiger partial charge in [-0.3, -0.25) is 0 Å². The molecule has 0 saturated carbocycles. The second-order valence-electron chi connectivity index (χ2n) is 7.86. The van der Waals surface area contributed by atoms with Crippen LogP contribution in [-0.2, 0) is 28.9 Å². The molecule has 1 atom stereocenters. The first kappa shape index (κ1) is 26.5. The van der Waals surface area contributed by atoms with Gasteiger partial charge < -0.3 is 35.8 Å². The van der Waals surface area contributed by atoms with Crippen molar-refractivity contribution in [3.63, 3.8) is 0 Å². The number of benzene rings is 1. The first-order valence-corrected chi connectivity index (χ1v) is 11.2. The highest BCUT2D eigenvalue weighted by Gasteiger charge is 2.14. The van der Waals surface area contributed by atoms with Gasteiger partial charge >= 0.3 is 6.03 Å². The lowest BCUT2D eigenvalue weighted by Crippen LogP contribution is -2.45. The number of likely N-dealkylation sites (N-methyl/N-ethyl adjacent to an activating group) is 1. The van der Waals surface area contributed by atoms with Gasteiger partial charge in [-0.05, 0) is 38.2 Å². The normalized spacial score (nSPS) is 12.1. The van der Waals surface area contributed by atoms with Crippen molar-refractivity contribution in [2.75, 3.05) is 60.2 Å². The van der Waals surface area contributed by atoms with Crippen molar-refractivity contribution in [2.24, 2.45) is 5.73 Å². The van der Waals surface area contributed by atoms with Crippen molar-refractivity contribution in [3.8, 4) is 5.75 Å². The Bertz CT molecular complexity index is 798. The molecule has 33 heavy (non-hydrogen) atoms. The first-order chi connectivity index (χ1) is 16.0. The van der Waals surface area contributed by atoms with Crippen LogP contribution in [0.5, 0.6) is 5.75 Å². The van der Waals surface area contributed by atoms with Gasteiger partial charge in [0.2, 0.25) is 0 Å². The second kappa shape index (κ2) is 15.2. The largest absolute Gasteiger partial charge is 0.508 e. The predicted molar refractivity (Wildman–Crippen MR) is 125 cm³/mol. The number of ether oxygens (including phenoxy) is 2. The summed E-state index contributed by atoms with van der Waals surface area (Å²) in [5, 5.41) is 23.4. The number of carbonyl (C=O) groups excluding carboxylic acids is 1. The molecule has 0 aliphatic heterocycles. The van der Waals surface area contributed by atoms with Gasteiger partial charge in [-0.1, -0.05) is 17.3 Å². The Morgan fingerprint density at radius 1 is 1.15 bits per heavy atom. The number of hydrogen-bond acceptors (Lipinski definition) is 8. The molecule has 0 unspecified atom stereocenters. The summed E-state index contributed by atoms with van der Waals surface area (Å²) in [4.78, 5) is 14.3. The molecular weight excluding hydrogens is 426 g/mol. The number of urea groups is 1. The summed E-state index contributed by atoms with van der Waals surface area (Å²) in [5.41, 5.74) is 7.25. The van der Waals surface area contributed by atoms with Gasteiger partial charge in [0.25, 0.3) is 0 Å². The first-order valence-electron chi connectivity index (χ1n) is 11.2. The minimum atomic E-state index is -0.217. The Hall–Kier alpha value is -2.73. The van der Waals surface area contributed by atoms with E-state index in [0.717, 1.165) is 17.7 Å². The van der Waals surface area contributed by atoms with E-state index in [2.05, 4.69) is 25.8 Å². The minimum Gasteiger partial charge on any atom is -0.508 e. The van der Waals surface area contributed by atoms with Crippen LogP contribution in [0.1, 0.15) is 11.3 Å². The van der Waals surface area contributed by atoms with Crippen molar-refractivity contribution in [1.82, 2.24) is 30.5 Å². The van der Waals surface area contributed by atoms with E-state index < -0.39 is 0 Å². The number of nitrogens with two attached hydrogens (primary N) is 1. The number of rotatable bonds is 16. The van der Waals surface area contributed by atoms with E-state index in [0.29, 0.717) is 59.0 Å². The lowest BCUT2D eigenvalue weighted by Gasteiger charge is -2.25. The molecule has 2 amide bonds. The lowest BCUT2D eigenvalue weighted by atomic mass is 10.1. The van der Waals surface area contributed by atoms with Crippen LogP contribution in [0.25, 0.3) is 0 Å². The summed E-state index contributed by atoms with van der Waals surface area (Å²) in [5.74, 6) is 0.246. The molecule has 0 fully saturated rings. The molecule has 2 aromatic rings. The van der Waals surface area contributed by atoms with E-state index in [1.165, 1.54) is 0 Å². The molecule has 0 radical (unpaired) electrons. The second-order valence-corrected chi connectivity index (χ2v) is 7.86. The molecular formula is C22H37N7O4. The van der Waals surface area contributed by atoms with Crippen molar-refractivity contribution in [1.29, 1.82) is 0 Å². The number of amides is 2. The lowest BCUT2D eigenvalue weighted by molar-refractivity contribution is 0.0466. The number of carbonyl (C=O) groups is 1. The molecule has 184 valence electrons. The predicted octanol–water partition coefficient (Wildman–Crippen LogP) is -0.00980. The van der Waals surface area contributed by atoms with Gasteiger partial charge in [0.15, 0.2) is 0 Å². The van der Waals surface area contributed by atoms with E-state index >= 15 is 0 Å². The molecule has 0 aliphatic rings. The smallest absolute Gasteiger partial charge is 0.314 e. The molecule has 1 aromatic carbocycles. The molecule has 1 aromatic heterocycles. The van der Waals surface area contributed by atoms with Crippen LogP contribution in [0.15, 0.2) is 30.5 Å². The summed E-state index contributed by atoms with van der Waals surface area (Å²) in [6.45, 7) is 4.19. The average Bonchev–Trinajstić information content (AvgIpc) is 3.24. The number of nitrogens with zero attached hydrogens (tertiary/aromatic N) is 4. The zero-order valence-electron chi connectivity index (χ0n) is 19.6. The Morgan fingerprint density at radius 2 is 1.88 bits per heavy atom. The fraction of sp³-hybridized carbons (Fsp3) is 0.591. The monoisotopic (exact) mass is 463 g/mol. The quantitative estimate of drug-likeness (QED) is 0.255. The van der Waals surface area contributed by atoms with Crippen LogP contribution in [0, 0.1) is 0 Å². The summed E-state index contributed by atoms with van der Waals surface area (Å²) < 4.78 is 12.4. The molecule has 0 bridgehead atoms. The van der Waals surface area contributed by atoms with Crippen molar-refractivity contribution in [2.45, 2.75) is 25.4 Å². The van der Waals surface area contributed by atoms with Crippen molar-refractivity contribution < 1.29 is 19.4 Å². The van der Waals surface area contributed by atoms with Crippen LogP contribution >= 0.6 is 0 Å². The molecule has 0 saturated heterocycles. The third-order valence-electron chi connectivity index (χ3n) is 4.99.